The van der Waals surface area contributed by atoms with Gasteiger partial charge in [0.2, 0.25) is 0 Å². The van der Waals surface area contributed by atoms with Gasteiger partial charge in [-0.05, 0) is 38.6 Å². The topological polar surface area (TPSA) is 12.5 Å². The van der Waals surface area contributed by atoms with Crippen LogP contribution in [-0.2, 0) is 4.74 Å². The molecule has 1 fully saturated rings. The van der Waals surface area contributed by atoms with Crippen molar-refractivity contribution in [1.29, 1.82) is 0 Å². The van der Waals surface area contributed by atoms with Crippen LogP contribution in [0.4, 0.5) is 0 Å². The Balaban J connectivity index is 2.63. The molecule has 18 heavy (non-hydrogen) atoms. The lowest BCUT2D eigenvalue weighted by atomic mass is 9.80. The third-order valence-corrected chi connectivity index (χ3v) is 5.52. The third kappa shape index (κ3) is 4.21. The summed E-state index contributed by atoms with van der Waals surface area (Å²) in [5, 5.41) is 1.12. The second-order valence-corrected chi connectivity index (χ2v) is 6.54. The van der Waals surface area contributed by atoms with Gasteiger partial charge < -0.3 is 9.64 Å². The van der Waals surface area contributed by atoms with Gasteiger partial charge in [-0.1, -0.05) is 42.6 Å². The first-order chi connectivity index (χ1) is 8.58. The van der Waals surface area contributed by atoms with E-state index < -0.39 is 0 Å². The van der Waals surface area contributed by atoms with Crippen molar-refractivity contribution in [3.8, 4) is 0 Å². The third-order valence-electron chi connectivity index (χ3n) is 4.33. The van der Waals surface area contributed by atoms with Gasteiger partial charge in [0.15, 0.2) is 0 Å². The van der Waals surface area contributed by atoms with Crippen LogP contribution in [0.3, 0.4) is 0 Å². The molecule has 0 saturated carbocycles. The van der Waals surface area contributed by atoms with E-state index in [1.165, 1.54) is 38.6 Å². The zero-order valence-electron chi connectivity index (χ0n) is 12.5. The van der Waals surface area contributed by atoms with Gasteiger partial charge in [-0.3, -0.25) is 0 Å². The van der Waals surface area contributed by atoms with E-state index in [0.717, 1.165) is 11.9 Å². The Hall–Kier alpha value is 0.400. The zero-order valence-corrected chi connectivity index (χ0v) is 14.1. The van der Waals surface area contributed by atoms with Gasteiger partial charge in [0, 0.05) is 24.5 Å². The highest BCUT2D eigenvalue weighted by molar-refractivity contribution is 9.09. The number of likely N-dealkylation sites (N-methyl/N-ethyl adjacent to an activating group) is 1. The van der Waals surface area contributed by atoms with E-state index in [1.54, 1.807) is 0 Å². The molecule has 0 radical (unpaired) electrons. The Morgan fingerprint density at radius 3 is 2.28 bits per heavy atom. The van der Waals surface area contributed by atoms with Gasteiger partial charge in [0.25, 0.3) is 0 Å². The van der Waals surface area contributed by atoms with E-state index in [0.29, 0.717) is 17.6 Å². The number of hydrogen-bond acceptors (Lipinski definition) is 2. The molecule has 1 heterocycles. The maximum atomic E-state index is 5.70. The normalized spacial score (nSPS) is 25.0. The minimum Gasteiger partial charge on any atom is -0.377 e. The van der Waals surface area contributed by atoms with E-state index in [2.05, 4.69) is 48.6 Å². The Morgan fingerprint density at radius 2 is 1.89 bits per heavy atom. The van der Waals surface area contributed by atoms with Crippen LogP contribution in [0.25, 0.3) is 0 Å². The molecule has 2 atom stereocenters. The second kappa shape index (κ2) is 7.86. The van der Waals surface area contributed by atoms with Crippen LogP contribution in [-0.4, -0.2) is 42.6 Å². The highest BCUT2D eigenvalue weighted by Crippen LogP contribution is 2.34. The molecule has 0 aliphatic carbocycles. The Morgan fingerprint density at radius 1 is 1.28 bits per heavy atom. The van der Waals surface area contributed by atoms with Crippen molar-refractivity contribution < 1.29 is 4.74 Å². The number of ether oxygens (including phenoxy) is 1. The summed E-state index contributed by atoms with van der Waals surface area (Å²) in [5.74, 6) is 0. The fourth-order valence-electron chi connectivity index (χ4n) is 3.47. The SMILES string of the molecule is CCCC(CBr)(CCC)CN(C)C1CCOC1C. The summed E-state index contributed by atoms with van der Waals surface area (Å²) in [6, 6.07) is 0.608. The van der Waals surface area contributed by atoms with Crippen LogP contribution in [0.15, 0.2) is 0 Å². The lowest BCUT2D eigenvalue weighted by Crippen LogP contribution is -2.44. The largest absolute Gasteiger partial charge is 0.377 e. The molecule has 2 nitrogen and oxygen atoms in total. The lowest BCUT2D eigenvalue weighted by molar-refractivity contribution is 0.0634. The molecule has 108 valence electrons. The molecule has 1 aliphatic rings. The highest BCUT2D eigenvalue weighted by atomic mass is 79.9. The summed E-state index contributed by atoms with van der Waals surface area (Å²) < 4.78 is 5.70. The van der Waals surface area contributed by atoms with Gasteiger partial charge in [-0.15, -0.1) is 0 Å². The fraction of sp³-hybridized carbons (Fsp3) is 1.00. The minimum absolute atomic E-state index is 0.395. The molecule has 1 rings (SSSR count). The van der Waals surface area contributed by atoms with E-state index in [9.17, 15) is 0 Å². The van der Waals surface area contributed by atoms with Crippen molar-refractivity contribution in [1.82, 2.24) is 4.90 Å². The first-order valence-corrected chi connectivity index (χ1v) is 8.58. The maximum Gasteiger partial charge on any atom is 0.0702 e. The van der Waals surface area contributed by atoms with Crippen molar-refractivity contribution >= 4 is 15.9 Å². The molecule has 0 aromatic rings. The quantitative estimate of drug-likeness (QED) is 0.625. The van der Waals surface area contributed by atoms with Crippen LogP contribution in [0.5, 0.6) is 0 Å². The molecule has 0 spiro atoms. The Labute approximate surface area is 122 Å². The van der Waals surface area contributed by atoms with Gasteiger partial charge in [0.05, 0.1) is 6.10 Å². The van der Waals surface area contributed by atoms with Crippen molar-refractivity contribution in [2.24, 2.45) is 5.41 Å². The van der Waals surface area contributed by atoms with Crippen LogP contribution >= 0.6 is 15.9 Å². The summed E-state index contributed by atoms with van der Waals surface area (Å²) in [5.41, 5.74) is 0.445. The molecule has 0 bridgehead atoms. The van der Waals surface area contributed by atoms with Crippen molar-refractivity contribution in [2.45, 2.75) is 65.0 Å². The number of rotatable bonds is 8. The summed E-state index contributed by atoms with van der Waals surface area (Å²) in [6.07, 6.45) is 6.77. The molecule has 2 unspecified atom stereocenters. The van der Waals surface area contributed by atoms with Crippen molar-refractivity contribution in [2.75, 3.05) is 25.5 Å². The highest BCUT2D eigenvalue weighted by Gasteiger charge is 2.34. The van der Waals surface area contributed by atoms with Gasteiger partial charge in [0.1, 0.15) is 0 Å². The molecule has 0 amide bonds. The predicted octanol–water partition coefficient (Wildman–Crippen LogP) is 4.08. The van der Waals surface area contributed by atoms with Gasteiger partial charge in [-0.2, -0.15) is 0 Å². The number of alkyl halides is 1. The molecule has 0 aromatic carbocycles. The summed E-state index contributed by atoms with van der Waals surface area (Å²) in [7, 11) is 2.28. The van der Waals surface area contributed by atoms with Crippen LogP contribution in [0.1, 0.15) is 52.9 Å². The summed E-state index contributed by atoms with van der Waals surface area (Å²) >= 11 is 3.77. The fourth-order valence-corrected chi connectivity index (χ4v) is 4.20. The van der Waals surface area contributed by atoms with E-state index in [-0.39, 0.29) is 0 Å². The average Bonchev–Trinajstić information content (AvgIpc) is 2.76. The number of hydrogen-bond donors (Lipinski definition) is 0. The molecule has 1 saturated heterocycles. The smallest absolute Gasteiger partial charge is 0.0702 e. The average molecular weight is 320 g/mol. The molecule has 3 heteroatoms. The van der Waals surface area contributed by atoms with Crippen LogP contribution in [0, 0.1) is 5.41 Å². The maximum absolute atomic E-state index is 5.70. The predicted molar refractivity (Wildman–Crippen MR) is 82.5 cm³/mol. The Bertz CT molecular complexity index is 229. The Kier molecular flexibility index (Phi) is 7.19. The first kappa shape index (κ1) is 16.5. The summed E-state index contributed by atoms with van der Waals surface area (Å²) in [6.45, 7) is 8.93. The molecular weight excluding hydrogens is 290 g/mol. The summed E-state index contributed by atoms with van der Waals surface area (Å²) in [4.78, 5) is 2.55. The molecule has 0 aromatic heterocycles. The van der Waals surface area contributed by atoms with Gasteiger partial charge in [-0.25, -0.2) is 0 Å². The number of nitrogens with zero attached hydrogens (tertiary/aromatic N) is 1. The van der Waals surface area contributed by atoms with E-state index in [1.807, 2.05) is 0 Å². The lowest BCUT2D eigenvalue weighted by Gasteiger charge is -2.38. The monoisotopic (exact) mass is 319 g/mol. The van der Waals surface area contributed by atoms with Crippen molar-refractivity contribution in [3.05, 3.63) is 0 Å². The number of halogens is 1. The first-order valence-electron chi connectivity index (χ1n) is 7.46. The van der Waals surface area contributed by atoms with Crippen molar-refractivity contribution in [3.63, 3.8) is 0 Å². The zero-order chi connectivity index (χ0) is 13.6. The van der Waals surface area contributed by atoms with Gasteiger partial charge >= 0.3 is 0 Å². The van der Waals surface area contributed by atoms with E-state index in [4.69, 9.17) is 4.74 Å². The minimum atomic E-state index is 0.395. The molecule has 1 aliphatic heterocycles. The second-order valence-electron chi connectivity index (χ2n) is 5.98. The van der Waals surface area contributed by atoms with E-state index >= 15 is 0 Å². The standard InChI is InChI=1S/C15H30BrNO/c1-5-8-15(11-16,9-6-2)12-17(4)14-7-10-18-13(14)3/h13-14H,5-12H2,1-4H3. The van der Waals surface area contributed by atoms with Crippen LogP contribution in [0.2, 0.25) is 0 Å². The molecular formula is C15H30BrNO. The van der Waals surface area contributed by atoms with Crippen LogP contribution < -0.4 is 0 Å². The molecule has 0 N–H and O–H groups in total.